The summed E-state index contributed by atoms with van der Waals surface area (Å²) in [5.41, 5.74) is 3.44. The summed E-state index contributed by atoms with van der Waals surface area (Å²) in [4.78, 5) is 4.18. The van der Waals surface area contributed by atoms with E-state index in [-0.39, 0.29) is 0 Å². The first-order valence-electron chi connectivity index (χ1n) is 7.51. The molecule has 1 N–H and O–H groups in total. The Labute approximate surface area is 127 Å². The Bertz CT molecular complexity index is 549. The van der Waals surface area contributed by atoms with E-state index in [1.54, 1.807) is 0 Å². The van der Waals surface area contributed by atoms with E-state index in [2.05, 4.69) is 42.3 Å². The van der Waals surface area contributed by atoms with Gasteiger partial charge in [0.1, 0.15) is 5.75 Å². The van der Waals surface area contributed by atoms with Gasteiger partial charge in [-0.1, -0.05) is 26.0 Å². The fraction of sp³-hybridized carbons (Fsp3) is 0.389. The highest BCUT2D eigenvalue weighted by molar-refractivity contribution is 5.43. The van der Waals surface area contributed by atoms with Gasteiger partial charge in [-0.25, -0.2) is 0 Å². The van der Waals surface area contributed by atoms with E-state index in [0.717, 1.165) is 36.6 Å². The number of ether oxygens (including phenoxy) is 1. The molecule has 0 unspecified atom stereocenters. The molecule has 2 rings (SSSR count). The highest BCUT2D eigenvalue weighted by atomic mass is 16.5. The molecule has 0 radical (unpaired) electrons. The van der Waals surface area contributed by atoms with Gasteiger partial charge in [0.05, 0.1) is 12.3 Å². The van der Waals surface area contributed by atoms with E-state index < -0.39 is 0 Å². The average molecular weight is 284 g/mol. The van der Waals surface area contributed by atoms with Crippen molar-refractivity contribution in [2.24, 2.45) is 5.92 Å². The van der Waals surface area contributed by atoms with E-state index in [4.69, 9.17) is 4.74 Å². The Kier molecular flexibility index (Phi) is 5.61. The molecule has 112 valence electrons. The first-order valence-corrected chi connectivity index (χ1v) is 7.51. The van der Waals surface area contributed by atoms with E-state index in [1.807, 2.05) is 31.5 Å². The lowest BCUT2D eigenvalue weighted by molar-refractivity contribution is 0.289. The zero-order valence-electron chi connectivity index (χ0n) is 13.1. The summed E-state index contributed by atoms with van der Waals surface area (Å²) in [5, 5.41) is 3.38. The van der Waals surface area contributed by atoms with Crippen LogP contribution in [-0.2, 0) is 6.54 Å². The lowest BCUT2D eigenvalue weighted by atomic mass is 10.1. The van der Waals surface area contributed by atoms with Crippen molar-refractivity contribution in [2.75, 3.05) is 11.9 Å². The SMILES string of the molecule is Cc1cncc(NCc2ccc(OCCC(C)C)cc2)c1. The first kappa shape index (κ1) is 15.4. The monoisotopic (exact) mass is 284 g/mol. The summed E-state index contributed by atoms with van der Waals surface area (Å²) in [6.07, 6.45) is 4.79. The Balaban J connectivity index is 1.82. The number of pyridine rings is 1. The molecule has 0 saturated carbocycles. The summed E-state index contributed by atoms with van der Waals surface area (Å²) >= 11 is 0. The summed E-state index contributed by atoms with van der Waals surface area (Å²) in [5.74, 6) is 1.62. The van der Waals surface area contributed by atoms with Gasteiger partial charge in [-0.05, 0) is 48.6 Å². The van der Waals surface area contributed by atoms with Crippen molar-refractivity contribution < 1.29 is 4.74 Å². The van der Waals surface area contributed by atoms with E-state index in [9.17, 15) is 0 Å². The molecule has 3 nitrogen and oxygen atoms in total. The standard InChI is InChI=1S/C18H24N2O/c1-14(2)8-9-21-18-6-4-16(5-7-18)12-20-17-10-15(3)11-19-13-17/h4-7,10-11,13-14,20H,8-9,12H2,1-3H3. The zero-order valence-corrected chi connectivity index (χ0v) is 13.1. The van der Waals surface area contributed by atoms with E-state index in [1.165, 1.54) is 5.56 Å². The molecule has 0 atom stereocenters. The van der Waals surface area contributed by atoms with Crippen LogP contribution in [0.15, 0.2) is 42.7 Å². The van der Waals surface area contributed by atoms with Crippen molar-refractivity contribution in [3.8, 4) is 5.75 Å². The molecule has 1 aromatic carbocycles. The Hall–Kier alpha value is -2.03. The minimum atomic E-state index is 0.677. The quantitative estimate of drug-likeness (QED) is 0.817. The largest absolute Gasteiger partial charge is 0.494 e. The van der Waals surface area contributed by atoms with Gasteiger partial charge < -0.3 is 10.1 Å². The van der Waals surface area contributed by atoms with Crippen molar-refractivity contribution in [3.63, 3.8) is 0 Å². The second-order valence-corrected chi connectivity index (χ2v) is 5.78. The third-order valence-electron chi connectivity index (χ3n) is 3.26. The van der Waals surface area contributed by atoms with Crippen LogP contribution in [0, 0.1) is 12.8 Å². The number of hydrogen-bond acceptors (Lipinski definition) is 3. The number of nitrogens with one attached hydrogen (secondary N) is 1. The van der Waals surface area contributed by atoms with Crippen molar-refractivity contribution >= 4 is 5.69 Å². The predicted molar refractivity (Wildman–Crippen MR) is 87.7 cm³/mol. The molecule has 0 aliphatic carbocycles. The van der Waals surface area contributed by atoms with Crippen LogP contribution in [0.2, 0.25) is 0 Å². The smallest absolute Gasteiger partial charge is 0.119 e. The lowest BCUT2D eigenvalue weighted by Crippen LogP contribution is -2.02. The minimum Gasteiger partial charge on any atom is -0.494 e. The number of nitrogens with zero attached hydrogens (tertiary/aromatic N) is 1. The predicted octanol–water partition coefficient (Wildman–Crippen LogP) is 4.43. The number of aromatic nitrogens is 1. The molecule has 0 fully saturated rings. The zero-order chi connectivity index (χ0) is 15.1. The molecule has 0 aliphatic heterocycles. The number of benzene rings is 1. The van der Waals surface area contributed by atoms with Gasteiger partial charge in [0.15, 0.2) is 0 Å². The molecular formula is C18H24N2O. The molecular weight excluding hydrogens is 260 g/mol. The van der Waals surface area contributed by atoms with Crippen LogP contribution in [0.3, 0.4) is 0 Å². The van der Waals surface area contributed by atoms with Gasteiger partial charge >= 0.3 is 0 Å². The second kappa shape index (κ2) is 7.67. The lowest BCUT2D eigenvalue weighted by Gasteiger charge is -2.10. The maximum absolute atomic E-state index is 5.72. The van der Waals surface area contributed by atoms with Gasteiger partial charge in [0, 0.05) is 18.9 Å². The summed E-state index contributed by atoms with van der Waals surface area (Å²) in [6, 6.07) is 10.4. The normalized spacial score (nSPS) is 10.7. The molecule has 0 spiro atoms. The average Bonchev–Trinajstić information content (AvgIpc) is 2.46. The van der Waals surface area contributed by atoms with Crippen LogP contribution < -0.4 is 10.1 Å². The van der Waals surface area contributed by atoms with Crippen LogP contribution >= 0.6 is 0 Å². The van der Waals surface area contributed by atoms with Crippen LogP contribution in [0.25, 0.3) is 0 Å². The molecule has 0 saturated heterocycles. The molecule has 2 aromatic rings. The second-order valence-electron chi connectivity index (χ2n) is 5.78. The molecule has 0 bridgehead atoms. The number of rotatable bonds is 7. The van der Waals surface area contributed by atoms with Crippen LogP contribution in [0.1, 0.15) is 31.4 Å². The Morgan fingerprint density at radius 2 is 1.90 bits per heavy atom. The molecule has 0 amide bonds. The van der Waals surface area contributed by atoms with Crippen LogP contribution in [0.5, 0.6) is 5.75 Å². The van der Waals surface area contributed by atoms with Gasteiger partial charge in [-0.3, -0.25) is 4.98 Å². The van der Waals surface area contributed by atoms with Crippen LogP contribution in [-0.4, -0.2) is 11.6 Å². The first-order chi connectivity index (χ1) is 10.1. The summed E-state index contributed by atoms with van der Waals surface area (Å²) in [6.45, 7) is 8.03. The topological polar surface area (TPSA) is 34.2 Å². The third kappa shape index (κ3) is 5.46. The highest BCUT2D eigenvalue weighted by Gasteiger charge is 1.99. The van der Waals surface area contributed by atoms with Gasteiger partial charge in [-0.15, -0.1) is 0 Å². The number of aryl methyl sites for hydroxylation is 1. The fourth-order valence-electron chi connectivity index (χ4n) is 1.97. The van der Waals surface area contributed by atoms with Gasteiger partial charge in [0.25, 0.3) is 0 Å². The molecule has 0 aliphatic rings. The van der Waals surface area contributed by atoms with Crippen LogP contribution in [0.4, 0.5) is 5.69 Å². The van der Waals surface area contributed by atoms with E-state index >= 15 is 0 Å². The van der Waals surface area contributed by atoms with Gasteiger partial charge in [-0.2, -0.15) is 0 Å². The third-order valence-corrected chi connectivity index (χ3v) is 3.26. The van der Waals surface area contributed by atoms with Crippen molar-refractivity contribution in [2.45, 2.75) is 33.7 Å². The highest BCUT2D eigenvalue weighted by Crippen LogP contribution is 2.15. The molecule has 1 aromatic heterocycles. The maximum Gasteiger partial charge on any atom is 0.119 e. The summed E-state index contributed by atoms with van der Waals surface area (Å²) in [7, 11) is 0. The van der Waals surface area contributed by atoms with Crippen molar-refractivity contribution in [1.29, 1.82) is 0 Å². The fourth-order valence-corrected chi connectivity index (χ4v) is 1.97. The van der Waals surface area contributed by atoms with Crippen molar-refractivity contribution in [1.82, 2.24) is 4.98 Å². The number of anilines is 1. The van der Waals surface area contributed by atoms with Gasteiger partial charge in [0.2, 0.25) is 0 Å². The van der Waals surface area contributed by atoms with Crippen molar-refractivity contribution in [3.05, 3.63) is 53.9 Å². The number of hydrogen-bond donors (Lipinski definition) is 1. The minimum absolute atomic E-state index is 0.677. The van der Waals surface area contributed by atoms with E-state index in [0.29, 0.717) is 5.92 Å². The molecule has 3 heteroatoms. The maximum atomic E-state index is 5.72. The molecule has 21 heavy (non-hydrogen) atoms. The summed E-state index contributed by atoms with van der Waals surface area (Å²) < 4.78 is 5.72. The molecule has 1 heterocycles. The Morgan fingerprint density at radius 1 is 1.14 bits per heavy atom. The Morgan fingerprint density at radius 3 is 2.57 bits per heavy atom.